The molecule has 0 atom stereocenters. The molecule has 0 heterocycles. The normalized spacial score (nSPS) is 11.2. The summed E-state index contributed by atoms with van der Waals surface area (Å²) in [6, 6.07) is 0. The Morgan fingerprint density at radius 2 is 1.18 bits per heavy atom. The second-order valence-electron chi connectivity index (χ2n) is 7.06. The van der Waals surface area contributed by atoms with Crippen molar-refractivity contribution in [1.29, 1.82) is 0 Å². The Morgan fingerprint density at radius 1 is 0.773 bits per heavy atom. The zero-order chi connectivity index (χ0) is 16.0. The third-order valence-corrected chi connectivity index (χ3v) is 4.27. The van der Waals surface area contributed by atoms with Gasteiger partial charge < -0.3 is 22.0 Å². The highest BCUT2D eigenvalue weighted by atomic mass is 35.5. The zero-order valence-corrected chi connectivity index (χ0v) is 15.8. The van der Waals surface area contributed by atoms with Gasteiger partial charge in [-0.3, -0.25) is 4.79 Å². The SMILES string of the molecule is CCCCCCCCCCCC[N+](C)(C)CCCC(=O)O.[Cl-]. The second kappa shape index (κ2) is 15.6. The summed E-state index contributed by atoms with van der Waals surface area (Å²) in [6.45, 7) is 4.42. The van der Waals surface area contributed by atoms with Crippen LogP contribution in [-0.2, 0) is 4.79 Å². The minimum Gasteiger partial charge on any atom is -1.00 e. The Morgan fingerprint density at radius 3 is 1.64 bits per heavy atom. The molecule has 0 bridgehead atoms. The summed E-state index contributed by atoms with van der Waals surface area (Å²) in [4.78, 5) is 10.5. The number of hydrogen-bond donors (Lipinski definition) is 1. The van der Waals surface area contributed by atoms with Gasteiger partial charge in [0, 0.05) is 6.42 Å². The van der Waals surface area contributed by atoms with E-state index in [9.17, 15) is 4.79 Å². The number of aliphatic carboxylic acids is 1. The average molecular weight is 336 g/mol. The van der Waals surface area contributed by atoms with Crippen molar-refractivity contribution in [1.82, 2.24) is 0 Å². The van der Waals surface area contributed by atoms with E-state index in [-0.39, 0.29) is 12.4 Å². The van der Waals surface area contributed by atoms with Crippen LogP contribution in [0.25, 0.3) is 0 Å². The van der Waals surface area contributed by atoms with E-state index < -0.39 is 5.97 Å². The van der Waals surface area contributed by atoms with Gasteiger partial charge in [-0.05, 0) is 12.8 Å². The van der Waals surface area contributed by atoms with Gasteiger partial charge in [0.15, 0.2) is 0 Å². The Hall–Kier alpha value is -0.280. The minimum atomic E-state index is -0.672. The summed E-state index contributed by atoms with van der Waals surface area (Å²) >= 11 is 0. The molecular weight excluding hydrogens is 298 g/mol. The molecule has 0 saturated carbocycles. The fourth-order valence-corrected chi connectivity index (χ4v) is 2.80. The van der Waals surface area contributed by atoms with Crippen molar-refractivity contribution in [3.05, 3.63) is 0 Å². The first-order valence-electron chi connectivity index (χ1n) is 9.02. The van der Waals surface area contributed by atoms with E-state index in [4.69, 9.17) is 5.11 Å². The Balaban J connectivity index is 0. The van der Waals surface area contributed by atoms with Crippen LogP contribution in [0.4, 0.5) is 0 Å². The molecule has 22 heavy (non-hydrogen) atoms. The van der Waals surface area contributed by atoms with Crippen LogP contribution in [0.15, 0.2) is 0 Å². The van der Waals surface area contributed by atoms with Crippen LogP contribution < -0.4 is 12.4 Å². The predicted octanol–water partition coefficient (Wildman–Crippen LogP) is 1.85. The van der Waals surface area contributed by atoms with E-state index in [1.807, 2.05) is 0 Å². The van der Waals surface area contributed by atoms with Gasteiger partial charge in [0.05, 0.1) is 33.6 Å². The summed E-state index contributed by atoms with van der Waals surface area (Å²) < 4.78 is 0.963. The van der Waals surface area contributed by atoms with E-state index in [0.29, 0.717) is 6.42 Å². The maximum Gasteiger partial charge on any atom is 0.303 e. The number of carbonyl (C=O) groups is 1. The fraction of sp³-hybridized carbons (Fsp3) is 0.944. The number of hydrogen-bond acceptors (Lipinski definition) is 1. The lowest BCUT2D eigenvalue weighted by molar-refractivity contribution is -0.890. The molecule has 0 aromatic heterocycles. The van der Waals surface area contributed by atoms with E-state index in [0.717, 1.165) is 17.4 Å². The van der Waals surface area contributed by atoms with Crippen LogP contribution in [0, 0.1) is 0 Å². The highest BCUT2D eigenvalue weighted by Crippen LogP contribution is 2.12. The van der Waals surface area contributed by atoms with Gasteiger partial charge in [-0.15, -0.1) is 0 Å². The number of carboxylic acid groups (broad SMARTS) is 1. The Labute approximate surface area is 144 Å². The first-order chi connectivity index (χ1) is 9.98. The lowest BCUT2D eigenvalue weighted by atomic mass is 10.1. The molecule has 0 radical (unpaired) electrons. The van der Waals surface area contributed by atoms with Gasteiger partial charge in [-0.2, -0.15) is 0 Å². The van der Waals surface area contributed by atoms with Crippen molar-refractivity contribution in [2.75, 3.05) is 27.2 Å². The van der Waals surface area contributed by atoms with Crippen molar-refractivity contribution in [3.63, 3.8) is 0 Å². The molecule has 0 aliphatic heterocycles. The lowest BCUT2D eigenvalue weighted by Gasteiger charge is -2.29. The Bertz CT molecular complexity index is 257. The molecule has 3 nitrogen and oxygen atoms in total. The fourth-order valence-electron chi connectivity index (χ4n) is 2.80. The summed E-state index contributed by atoms with van der Waals surface area (Å²) in [5.74, 6) is -0.672. The van der Waals surface area contributed by atoms with Gasteiger partial charge in [0.1, 0.15) is 0 Å². The maximum atomic E-state index is 10.5. The number of quaternary nitrogens is 1. The average Bonchev–Trinajstić information content (AvgIpc) is 2.40. The zero-order valence-electron chi connectivity index (χ0n) is 15.1. The third kappa shape index (κ3) is 17.8. The van der Waals surface area contributed by atoms with E-state index in [2.05, 4.69) is 21.0 Å². The largest absolute Gasteiger partial charge is 1.00 e. The van der Waals surface area contributed by atoms with Crippen LogP contribution in [-0.4, -0.2) is 42.7 Å². The van der Waals surface area contributed by atoms with Gasteiger partial charge in [-0.1, -0.05) is 58.3 Å². The van der Waals surface area contributed by atoms with Crippen LogP contribution in [0.1, 0.15) is 84.0 Å². The molecule has 0 rings (SSSR count). The van der Waals surface area contributed by atoms with Crippen molar-refractivity contribution in [2.45, 2.75) is 84.0 Å². The monoisotopic (exact) mass is 335 g/mol. The molecule has 0 fully saturated rings. The standard InChI is InChI=1S/C18H37NO2.ClH/c1-4-5-6-7-8-9-10-11-12-13-16-19(2,3)17-14-15-18(20)21;/h4-17H2,1-3H3;1H. The number of halogens is 1. The van der Waals surface area contributed by atoms with Gasteiger partial charge in [0.2, 0.25) is 0 Å². The summed E-state index contributed by atoms with van der Waals surface area (Å²) in [5.41, 5.74) is 0. The minimum absolute atomic E-state index is 0. The number of carboxylic acids is 1. The van der Waals surface area contributed by atoms with Gasteiger partial charge in [0.25, 0.3) is 0 Å². The molecule has 4 heteroatoms. The van der Waals surface area contributed by atoms with Crippen molar-refractivity contribution < 1.29 is 26.8 Å². The first kappa shape index (κ1) is 24.0. The molecule has 0 aliphatic rings. The molecule has 0 aliphatic carbocycles. The topological polar surface area (TPSA) is 37.3 Å². The highest BCUT2D eigenvalue weighted by Gasteiger charge is 2.14. The van der Waals surface area contributed by atoms with Crippen LogP contribution >= 0.6 is 0 Å². The molecule has 134 valence electrons. The van der Waals surface area contributed by atoms with Crippen LogP contribution in [0.5, 0.6) is 0 Å². The maximum absolute atomic E-state index is 10.5. The van der Waals surface area contributed by atoms with E-state index in [1.165, 1.54) is 70.8 Å². The van der Waals surface area contributed by atoms with E-state index >= 15 is 0 Å². The van der Waals surface area contributed by atoms with Gasteiger partial charge in [-0.25, -0.2) is 0 Å². The molecule has 0 spiro atoms. The smallest absolute Gasteiger partial charge is 0.303 e. The van der Waals surface area contributed by atoms with Crippen molar-refractivity contribution >= 4 is 5.97 Å². The molecule has 0 saturated heterocycles. The van der Waals surface area contributed by atoms with Crippen LogP contribution in [0.2, 0.25) is 0 Å². The number of unbranched alkanes of at least 4 members (excludes halogenated alkanes) is 9. The molecule has 0 aromatic carbocycles. The lowest BCUT2D eigenvalue weighted by Crippen LogP contribution is -3.00. The summed E-state index contributed by atoms with van der Waals surface area (Å²) in [5, 5.41) is 8.67. The van der Waals surface area contributed by atoms with Crippen LogP contribution in [0.3, 0.4) is 0 Å². The molecule has 0 aromatic rings. The number of nitrogens with zero attached hydrogens (tertiary/aromatic N) is 1. The first-order valence-corrected chi connectivity index (χ1v) is 9.02. The van der Waals surface area contributed by atoms with Crippen molar-refractivity contribution in [3.8, 4) is 0 Å². The molecular formula is C18H38ClNO2. The highest BCUT2D eigenvalue weighted by molar-refractivity contribution is 5.66. The number of rotatable bonds is 15. The third-order valence-electron chi connectivity index (χ3n) is 4.27. The quantitative estimate of drug-likeness (QED) is 0.366. The molecule has 0 amide bonds. The molecule has 0 unspecified atom stereocenters. The van der Waals surface area contributed by atoms with Crippen molar-refractivity contribution in [2.24, 2.45) is 0 Å². The summed E-state index contributed by atoms with van der Waals surface area (Å²) in [6.07, 6.45) is 14.8. The Kier molecular flexibility index (Phi) is 17.0. The second-order valence-corrected chi connectivity index (χ2v) is 7.06. The molecule has 1 N–H and O–H groups in total. The van der Waals surface area contributed by atoms with E-state index in [1.54, 1.807) is 0 Å². The van der Waals surface area contributed by atoms with Gasteiger partial charge >= 0.3 is 5.97 Å². The predicted molar refractivity (Wildman–Crippen MR) is 90.6 cm³/mol. The summed E-state index contributed by atoms with van der Waals surface area (Å²) in [7, 11) is 4.44.